The maximum Gasteiger partial charge on any atom is 0.0970 e. The molecule has 20 heavy (non-hydrogen) atoms. The van der Waals surface area contributed by atoms with Gasteiger partial charge in [0.15, 0.2) is 0 Å². The van der Waals surface area contributed by atoms with E-state index in [9.17, 15) is 0 Å². The van der Waals surface area contributed by atoms with E-state index in [1.165, 1.54) is 51.6 Å². The molecule has 1 aromatic rings. The number of nitrogens with zero attached hydrogens (tertiary/aromatic N) is 1. The number of thiophene rings is 1. The van der Waals surface area contributed by atoms with E-state index in [0.29, 0.717) is 12.0 Å². The van der Waals surface area contributed by atoms with Gasteiger partial charge in [0.25, 0.3) is 0 Å². The van der Waals surface area contributed by atoms with Gasteiger partial charge in [0.05, 0.1) is 11.7 Å². The molecule has 3 aliphatic rings. The minimum Gasteiger partial charge on any atom is -0.366 e. The Hall–Kier alpha value is -0.0900. The standard InChI is InChI=1S/C16H23NOS.ClH/c1-17-9-7-16(8-10-17)13-6-11-19-15(13)12-4-2-3-5-14(12)18-16;/h6,11-12,14H,2-5,7-10H2,1H3;1H. The highest BCUT2D eigenvalue weighted by molar-refractivity contribution is 7.10. The van der Waals surface area contributed by atoms with Gasteiger partial charge >= 0.3 is 0 Å². The van der Waals surface area contributed by atoms with Crippen LogP contribution in [0.2, 0.25) is 0 Å². The Balaban J connectivity index is 0.00000121. The third-order valence-electron chi connectivity index (χ3n) is 5.40. The van der Waals surface area contributed by atoms with Gasteiger partial charge in [0.1, 0.15) is 0 Å². The Morgan fingerprint density at radius 3 is 2.80 bits per heavy atom. The first kappa shape index (κ1) is 14.8. The molecule has 2 aliphatic heterocycles. The summed E-state index contributed by atoms with van der Waals surface area (Å²) in [7, 11) is 2.23. The average Bonchev–Trinajstić information content (AvgIpc) is 2.93. The van der Waals surface area contributed by atoms with Crippen LogP contribution < -0.4 is 0 Å². The van der Waals surface area contributed by atoms with Crippen LogP contribution in [0.1, 0.15) is 54.9 Å². The van der Waals surface area contributed by atoms with E-state index >= 15 is 0 Å². The summed E-state index contributed by atoms with van der Waals surface area (Å²) in [4.78, 5) is 4.11. The van der Waals surface area contributed by atoms with E-state index in [0.717, 1.165) is 0 Å². The Kier molecular flexibility index (Phi) is 4.15. The van der Waals surface area contributed by atoms with Crippen LogP contribution >= 0.6 is 23.7 Å². The highest BCUT2D eigenvalue weighted by Crippen LogP contribution is 2.52. The van der Waals surface area contributed by atoms with Crippen molar-refractivity contribution >= 4 is 23.7 Å². The topological polar surface area (TPSA) is 12.5 Å². The fourth-order valence-electron chi connectivity index (χ4n) is 4.24. The number of halogens is 1. The highest BCUT2D eigenvalue weighted by atomic mass is 35.5. The Labute approximate surface area is 131 Å². The van der Waals surface area contributed by atoms with Gasteiger partial charge < -0.3 is 9.64 Å². The first-order valence-corrected chi connectivity index (χ1v) is 8.61. The molecule has 0 aromatic carbocycles. The minimum atomic E-state index is 0. The van der Waals surface area contributed by atoms with Gasteiger partial charge in [-0.15, -0.1) is 23.7 Å². The van der Waals surface area contributed by atoms with Crippen LogP contribution in [0.15, 0.2) is 11.4 Å². The molecule has 0 radical (unpaired) electrons. The summed E-state index contributed by atoms with van der Waals surface area (Å²) in [6.07, 6.45) is 8.22. The van der Waals surface area contributed by atoms with Gasteiger partial charge in [0.2, 0.25) is 0 Å². The van der Waals surface area contributed by atoms with Crippen molar-refractivity contribution in [2.24, 2.45) is 0 Å². The molecule has 2 fully saturated rings. The molecule has 1 saturated heterocycles. The van der Waals surface area contributed by atoms with Gasteiger partial charge in [0, 0.05) is 23.9 Å². The quantitative estimate of drug-likeness (QED) is 0.713. The summed E-state index contributed by atoms with van der Waals surface area (Å²) in [6, 6.07) is 2.36. The SMILES string of the molecule is CN1CCC2(CC1)OC1CCCCC1c1sccc12.Cl. The van der Waals surface area contributed by atoms with Gasteiger partial charge in [-0.2, -0.15) is 0 Å². The second kappa shape index (κ2) is 5.60. The molecular weight excluding hydrogens is 290 g/mol. The summed E-state index contributed by atoms with van der Waals surface area (Å²) in [5, 5.41) is 2.30. The van der Waals surface area contributed by atoms with Gasteiger partial charge in [-0.05, 0) is 49.7 Å². The molecular formula is C16H24ClNOS. The fraction of sp³-hybridized carbons (Fsp3) is 0.750. The smallest absolute Gasteiger partial charge is 0.0970 e. The fourth-order valence-corrected chi connectivity index (χ4v) is 5.42. The number of fused-ring (bicyclic) bond motifs is 4. The predicted octanol–water partition coefficient (Wildman–Crippen LogP) is 4.15. The largest absolute Gasteiger partial charge is 0.366 e. The van der Waals surface area contributed by atoms with E-state index < -0.39 is 0 Å². The van der Waals surface area contributed by atoms with Crippen LogP contribution in [-0.4, -0.2) is 31.1 Å². The van der Waals surface area contributed by atoms with Crippen molar-refractivity contribution in [1.82, 2.24) is 4.90 Å². The molecule has 0 N–H and O–H groups in total. The van der Waals surface area contributed by atoms with Gasteiger partial charge in [-0.25, -0.2) is 0 Å². The first-order chi connectivity index (χ1) is 9.28. The zero-order valence-corrected chi connectivity index (χ0v) is 13.8. The Morgan fingerprint density at radius 1 is 1.25 bits per heavy atom. The second-order valence-electron chi connectivity index (χ2n) is 6.54. The minimum absolute atomic E-state index is 0. The summed E-state index contributed by atoms with van der Waals surface area (Å²) < 4.78 is 6.73. The predicted molar refractivity (Wildman–Crippen MR) is 86.1 cm³/mol. The molecule has 2 atom stereocenters. The summed E-state index contributed by atoms with van der Waals surface area (Å²) >= 11 is 1.99. The first-order valence-electron chi connectivity index (χ1n) is 7.73. The molecule has 0 amide bonds. The van der Waals surface area contributed by atoms with Crippen LogP contribution in [0.4, 0.5) is 0 Å². The molecule has 0 bridgehead atoms. The molecule has 2 unspecified atom stereocenters. The van der Waals surface area contributed by atoms with E-state index in [2.05, 4.69) is 23.4 Å². The van der Waals surface area contributed by atoms with Crippen molar-refractivity contribution in [3.63, 3.8) is 0 Å². The van der Waals surface area contributed by atoms with Crippen LogP contribution in [0.25, 0.3) is 0 Å². The maximum absolute atomic E-state index is 6.73. The van der Waals surface area contributed by atoms with Crippen molar-refractivity contribution < 1.29 is 4.74 Å². The van der Waals surface area contributed by atoms with Gasteiger partial charge in [-0.1, -0.05) is 12.8 Å². The Morgan fingerprint density at radius 2 is 2.00 bits per heavy atom. The van der Waals surface area contributed by atoms with E-state index in [-0.39, 0.29) is 18.0 Å². The molecule has 1 aliphatic carbocycles. The maximum atomic E-state index is 6.73. The molecule has 3 heterocycles. The molecule has 1 spiro atoms. The lowest BCUT2D eigenvalue weighted by Crippen LogP contribution is -2.49. The third kappa shape index (κ3) is 2.23. The molecule has 1 aromatic heterocycles. The van der Waals surface area contributed by atoms with E-state index in [1.54, 1.807) is 10.4 Å². The van der Waals surface area contributed by atoms with Crippen LogP contribution in [0.5, 0.6) is 0 Å². The normalized spacial score (nSPS) is 32.2. The molecule has 112 valence electrons. The van der Waals surface area contributed by atoms with Crippen molar-refractivity contribution in [2.75, 3.05) is 20.1 Å². The van der Waals surface area contributed by atoms with Crippen molar-refractivity contribution in [1.29, 1.82) is 0 Å². The number of ether oxygens (including phenoxy) is 1. The van der Waals surface area contributed by atoms with E-state index in [1.807, 2.05) is 11.3 Å². The summed E-state index contributed by atoms with van der Waals surface area (Å²) in [6.45, 7) is 2.35. The highest BCUT2D eigenvalue weighted by Gasteiger charge is 2.47. The Bertz CT molecular complexity index is 467. The summed E-state index contributed by atoms with van der Waals surface area (Å²) in [5.74, 6) is 0.703. The average molecular weight is 314 g/mol. The molecule has 1 saturated carbocycles. The van der Waals surface area contributed by atoms with Gasteiger partial charge in [-0.3, -0.25) is 0 Å². The zero-order chi connectivity index (χ0) is 12.9. The number of piperidine rings is 1. The lowest BCUT2D eigenvalue weighted by Gasteiger charge is -2.49. The second-order valence-corrected chi connectivity index (χ2v) is 7.49. The third-order valence-corrected chi connectivity index (χ3v) is 6.45. The number of likely N-dealkylation sites (tertiary alicyclic amines) is 1. The number of hydrogen-bond donors (Lipinski definition) is 0. The van der Waals surface area contributed by atoms with E-state index in [4.69, 9.17) is 4.74 Å². The molecule has 4 heteroatoms. The molecule has 2 nitrogen and oxygen atoms in total. The molecule has 4 rings (SSSR count). The number of rotatable bonds is 0. The lowest BCUT2D eigenvalue weighted by molar-refractivity contribution is -0.154. The van der Waals surface area contributed by atoms with Crippen molar-refractivity contribution in [2.45, 2.75) is 56.1 Å². The van der Waals surface area contributed by atoms with Crippen molar-refractivity contribution in [3.8, 4) is 0 Å². The van der Waals surface area contributed by atoms with Crippen molar-refractivity contribution in [3.05, 3.63) is 21.9 Å². The monoisotopic (exact) mass is 313 g/mol. The summed E-state index contributed by atoms with van der Waals surface area (Å²) in [5.41, 5.74) is 1.61. The van der Waals surface area contributed by atoms with Crippen LogP contribution in [0.3, 0.4) is 0 Å². The van der Waals surface area contributed by atoms with Crippen LogP contribution in [0, 0.1) is 0 Å². The zero-order valence-electron chi connectivity index (χ0n) is 12.1. The number of hydrogen-bond acceptors (Lipinski definition) is 3. The lowest BCUT2D eigenvalue weighted by atomic mass is 9.74. The van der Waals surface area contributed by atoms with Crippen LogP contribution in [-0.2, 0) is 10.3 Å².